The van der Waals surface area contributed by atoms with Crippen molar-refractivity contribution in [2.24, 2.45) is 7.05 Å². The Morgan fingerprint density at radius 1 is 1.55 bits per heavy atom. The molecule has 2 rings (SSSR count). The van der Waals surface area contributed by atoms with Gasteiger partial charge in [0.25, 0.3) is 0 Å². The van der Waals surface area contributed by atoms with E-state index in [1.54, 1.807) is 7.11 Å². The first kappa shape index (κ1) is 16.5. The first-order chi connectivity index (χ1) is 10.6. The van der Waals surface area contributed by atoms with E-state index >= 15 is 0 Å². The highest BCUT2D eigenvalue weighted by Crippen LogP contribution is 2.15. The number of carbonyl (C=O) groups is 1. The molecule has 2 aromatic heterocycles. The Balaban J connectivity index is 1.74. The molecule has 0 saturated heterocycles. The second-order valence-corrected chi connectivity index (χ2v) is 6.08. The maximum atomic E-state index is 11.9. The molecule has 1 atom stereocenters. The van der Waals surface area contributed by atoms with E-state index < -0.39 is 0 Å². The minimum absolute atomic E-state index is 0.0910. The molecule has 0 aromatic carbocycles. The molecule has 2 aromatic rings. The predicted octanol–water partition coefficient (Wildman–Crippen LogP) is 2.77. The van der Waals surface area contributed by atoms with Crippen molar-refractivity contribution >= 4 is 22.5 Å². The van der Waals surface area contributed by atoms with Gasteiger partial charge in [0.05, 0.1) is 12.3 Å². The monoisotopic (exact) mass is 322 g/mol. The van der Waals surface area contributed by atoms with Crippen LogP contribution in [0.15, 0.2) is 23.7 Å². The number of ether oxygens (including phenoxy) is 1. The van der Waals surface area contributed by atoms with Crippen molar-refractivity contribution in [2.45, 2.75) is 32.4 Å². The van der Waals surface area contributed by atoms with Crippen LogP contribution < -0.4 is 10.6 Å². The molecule has 6 nitrogen and oxygen atoms in total. The van der Waals surface area contributed by atoms with Gasteiger partial charge in [0.15, 0.2) is 5.13 Å². The third-order valence-corrected chi connectivity index (χ3v) is 4.13. The summed E-state index contributed by atoms with van der Waals surface area (Å²) >= 11 is 1.39. The number of nitrogens with one attached hydrogen (secondary N) is 2. The number of hydrogen-bond donors (Lipinski definition) is 2. The zero-order valence-electron chi connectivity index (χ0n) is 13.1. The Morgan fingerprint density at radius 3 is 3.05 bits per heavy atom. The van der Waals surface area contributed by atoms with Crippen LogP contribution in [0, 0.1) is 0 Å². The summed E-state index contributed by atoms with van der Waals surface area (Å²) in [5.41, 5.74) is 2.08. The summed E-state index contributed by atoms with van der Waals surface area (Å²) in [6, 6.07) is 3.99. The second-order valence-electron chi connectivity index (χ2n) is 5.23. The van der Waals surface area contributed by atoms with Gasteiger partial charge in [0.1, 0.15) is 0 Å². The van der Waals surface area contributed by atoms with Crippen molar-refractivity contribution in [1.29, 1.82) is 0 Å². The molecule has 2 N–H and O–H groups in total. The number of thiazole rings is 1. The largest absolute Gasteiger partial charge is 0.378 e. The summed E-state index contributed by atoms with van der Waals surface area (Å²) in [7, 11) is 3.65. The molecule has 0 bridgehead atoms. The van der Waals surface area contributed by atoms with Crippen molar-refractivity contribution in [2.75, 3.05) is 12.4 Å². The molecular weight excluding hydrogens is 300 g/mol. The highest BCUT2D eigenvalue weighted by atomic mass is 32.1. The van der Waals surface area contributed by atoms with Gasteiger partial charge in [-0.3, -0.25) is 5.32 Å². The summed E-state index contributed by atoms with van der Waals surface area (Å²) in [4.78, 5) is 16.2. The van der Waals surface area contributed by atoms with Crippen LogP contribution in [0.2, 0.25) is 0 Å². The highest BCUT2D eigenvalue weighted by molar-refractivity contribution is 7.13. The van der Waals surface area contributed by atoms with Crippen LogP contribution in [-0.2, 0) is 24.8 Å². The molecule has 0 fully saturated rings. The van der Waals surface area contributed by atoms with Crippen molar-refractivity contribution in [3.63, 3.8) is 0 Å². The SMILES string of the molecule is COCc1csc(NC(=O)N[C@@H](C)CCc2cccn2C)n1. The van der Waals surface area contributed by atoms with Gasteiger partial charge in [0.2, 0.25) is 0 Å². The summed E-state index contributed by atoms with van der Waals surface area (Å²) in [6.45, 7) is 2.45. The predicted molar refractivity (Wildman–Crippen MR) is 88.2 cm³/mol. The molecule has 0 saturated carbocycles. The van der Waals surface area contributed by atoms with Crippen molar-refractivity contribution in [3.8, 4) is 0 Å². The van der Waals surface area contributed by atoms with E-state index in [0.717, 1.165) is 18.5 Å². The van der Waals surface area contributed by atoms with E-state index in [0.29, 0.717) is 11.7 Å². The molecule has 7 heteroatoms. The molecule has 2 amide bonds. The summed E-state index contributed by atoms with van der Waals surface area (Å²) in [5.74, 6) is 0. The molecule has 22 heavy (non-hydrogen) atoms. The number of carbonyl (C=O) groups excluding carboxylic acids is 1. The standard InChI is InChI=1S/C15H22N4O2S/c1-11(6-7-13-5-4-8-19(13)2)16-14(20)18-15-17-12(9-21-3)10-22-15/h4-5,8,10-11H,6-7,9H2,1-3H3,(H2,16,17,18,20)/t11-/m0/s1. The lowest BCUT2D eigenvalue weighted by atomic mass is 10.1. The number of hydrogen-bond acceptors (Lipinski definition) is 4. The van der Waals surface area contributed by atoms with Gasteiger partial charge in [-0.05, 0) is 31.9 Å². The third kappa shape index (κ3) is 4.85. The van der Waals surface area contributed by atoms with E-state index in [2.05, 4.69) is 26.3 Å². The topological polar surface area (TPSA) is 68.2 Å². The lowest BCUT2D eigenvalue weighted by Gasteiger charge is -2.14. The van der Waals surface area contributed by atoms with Gasteiger partial charge in [-0.1, -0.05) is 0 Å². The number of amides is 2. The van der Waals surface area contributed by atoms with Crippen LogP contribution >= 0.6 is 11.3 Å². The Bertz CT molecular complexity index is 608. The fourth-order valence-corrected chi connectivity index (χ4v) is 2.82. The van der Waals surface area contributed by atoms with Crippen LogP contribution in [0.5, 0.6) is 0 Å². The first-order valence-corrected chi connectivity index (χ1v) is 8.07. The lowest BCUT2D eigenvalue weighted by molar-refractivity contribution is 0.182. The zero-order chi connectivity index (χ0) is 15.9. The number of rotatable bonds is 7. The van der Waals surface area contributed by atoms with E-state index in [4.69, 9.17) is 4.74 Å². The third-order valence-electron chi connectivity index (χ3n) is 3.33. The van der Waals surface area contributed by atoms with Gasteiger partial charge < -0.3 is 14.6 Å². The van der Waals surface area contributed by atoms with Crippen LogP contribution in [-0.4, -0.2) is 28.7 Å². The minimum atomic E-state index is -0.224. The Kier molecular flexibility index (Phi) is 5.97. The zero-order valence-corrected chi connectivity index (χ0v) is 13.9. The summed E-state index contributed by atoms with van der Waals surface area (Å²) in [6.07, 6.45) is 3.85. The maximum absolute atomic E-state index is 11.9. The smallest absolute Gasteiger partial charge is 0.321 e. The van der Waals surface area contributed by atoms with Gasteiger partial charge >= 0.3 is 6.03 Å². The molecule has 120 valence electrons. The molecule has 0 aliphatic rings. The van der Waals surface area contributed by atoms with Crippen LogP contribution in [0.25, 0.3) is 0 Å². The van der Waals surface area contributed by atoms with Crippen molar-refractivity contribution in [3.05, 3.63) is 35.1 Å². The molecule has 0 aliphatic heterocycles. The Labute approximate surface area is 134 Å². The molecule has 0 aliphatic carbocycles. The minimum Gasteiger partial charge on any atom is -0.378 e. The summed E-state index contributed by atoms with van der Waals surface area (Å²) < 4.78 is 7.10. The second kappa shape index (κ2) is 7.95. The molecule has 2 heterocycles. The number of aryl methyl sites for hydroxylation is 2. The Hall–Kier alpha value is -1.86. The van der Waals surface area contributed by atoms with E-state index in [9.17, 15) is 4.79 Å². The molecule has 0 radical (unpaired) electrons. The fraction of sp³-hybridized carbons (Fsp3) is 0.467. The van der Waals surface area contributed by atoms with Gasteiger partial charge in [-0.2, -0.15) is 0 Å². The van der Waals surface area contributed by atoms with Crippen molar-refractivity contribution < 1.29 is 9.53 Å². The van der Waals surface area contributed by atoms with Crippen LogP contribution in [0.3, 0.4) is 0 Å². The average Bonchev–Trinajstić information content (AvgIpc) is 3.06. The van der Waals surface area contributed by atoms with Gasteiger partial charge in [0, 0.05) is 37.5 Å². The Morgan fingerprint density at radius 2 is 2.36 bits per heavy atom. The normalized spacial score (nSPS) is 12.1. The van der Waals surface area contributed by atoms with Gasteiger partial charge in [-0.25, -0.2) is 9.78 Å². The maximum Gasteiger partial charge on any atom is 0.321 e. The van der Waals surface area contributed by atoms with E-state index in [1.807, 2.05) is 31.6 Å². The number of anilines is 1. The first-order valence-electron chi connectivity index (χ1n) is 7.19. The number of methoxy groups -OCH3 is 1. The summed E-state index contributed by atoms with van der Waals surface area (Å²) in [5, 5.41) is 8.14. The molecule has 0 spiro atoms. The van der Waals surface area contributed by atoms with Crippen LogP contribution in [0.1, 0.15) is 24.7 Å². The fourth-order valence-electron chi connectivity index (χ4n) is 2.13. The number of urea groups is 1. The van der Waals surface area contributed by atoms with E-state index in [1.165, 1.54) is 17.0 Å². The van der Waals surface area contributed by atoms with Crippen LogP contribution in [0.4, 0.5) is 9.93 Å². The average molecular weight is 322 g/mol. The highest BCUT2D eigenvalue weighted by Gasteiger charge is 2.10. The molecular formula is C15H22N4O2S. The lowest BCUT2D eigenvalue weighted by Crippen LogP contribution is -2.36. The van der Waals surface area contributed by atoms with Crippen molar-refractivity contribution in [1.82, 2.24) is 14.9 Å². The quantitative estimate of drug-likeness (QED) is 0.823. The molecule has 0 unspecified atom stereocenters. The van der Waals surface area contributed by atoms with Gasteiger partial charge in [-0.15, -0.1) is 11.3 Å². The number of nitrogens with zero attached hydrogens (tertiary/aromatic N) is 2. The number of aromatic nitrogens is 2. The van der Waals surface area contributed by atoms with E-state index in [-0.39, 0.29) is 12.1 Å².